The molecule has 3 atom stereocenters. The highest BCUT2D eigenvalue weighted by molar-refractivity contribution is 5.94. The van der Waals surface area contributed by atoms with Crippen LogP contribution < -0.4 is 37.9 Å². The van der Waals surface area contributed by atoms with E-state index in [2.05, 4.69) is 20.9 Å². The molecule has 43 heavy (non-hydrogen) atoms. The molecule has 0 bridgehead atoms. The largest absolute Gasteiger partial charge is 0.494 e. The molecule has 0 aliphatic rings. The molecule has 0 saturated heterocycles. The van der Waals surface area contributed by atoms with Crippen molar-refractivity contribution < 1.29 is 28.7 Å². The van der Waals surface area contributed by atoms with E-state index in [0.717, 1.165) is 11.1 Å². The van der Waals surface area contributed by atoms with Crippen molar-refractivity contribution in [3.63, 3.8) is 0 Å². The first-order valence-corrected chi connectivity index (χ1v) is 14.2. The average molecular weight is 598 g/mol. The number of amides is 3. The number of carbonyl (C=O) groups excluding carboxylic acids is 4. The molecule has 234 valence electrons. The van der Waals surface area contributed by atoms with Gasteiger partial charge >= 0.3 is 5.97 Å². The van der Waals surface area contributed by atoms with Crippen LogP contribution in [0.3, 0.4) is 0 Å². The summed E-state index contributed by atoms with van der Waals surface area (Å²) >= 11 is 0. The maximum atomic E-state index is 13.5. The summed E-state index contributed by atoms with van der Waals surface area (Å²) in [4.78, 5) is 55.4. The molecule has 0 heterocycles. The zero-order chi connectivity index (χ0) is 31.6. The van der Waals surface area contributed by atoms with E-state index in [9.17, 15) is 19.2 Å². The van der Waals surface area contributed by atoms with Gasteiger partial charge in [-0.3, -0.25) is 24.2 Å². The third-order valence-electron chi connectivity index (χ3n) is 6.23. The van der Waals surface area contributed by atoms with Gasteiger partial charge in [-0.25, -0.2) is 0 Å². The van der Waals surface area contributed by atoms with E-state index in [-0.39, 0.29) is 44.9 Å². The Morgan fingerprint density at radius 2 is 1.47 bits per heavy atom. The fraction of sp³-hybridized carbons (Fsp3) is 0.433. The lowest BCUT2D eigenvalue weighted by Gasteiger charge is -2.24. The van der Waals surface area contributed by atoms with Crippen LogP contribution in [0.4, 0.5) is 0 Å². The van der Waals surface area contributed by atoms with Gasteiger partial charge in [-0.15, -0.1) is 0 Å². The Morgan fingerprint density at radius 1 is 0.814 bits per heavy atom. The standard InChI is InChI=1S/C30H43N7O6/c1-3-42-22-14-12-21(13-15-22)17-23(31)27(39)36-24(11-8-16-34-30(32)33)29(41)37-25(18-20-9-6-5-7-10-20)28(40)35-19-26(38)43-4-2/h5-7,9-10,12-15,23-25H,3-4,8,11,16-19,31H2,1-2H3,(H,35,40)(H,36,39)(H,37,41)(H4,32,33,34)/t23-,24+,25-/m0/s1. The molecular weight excluding hydrogens is 554 g/mol. The van der Waals surface area contributed by atoms with Crippen LogP contribution in [-0.4, -0.2) is 74.1 Å². The SMILES string of the molecule is CCOC(=O)CNC(=O)[C@H](Cc1ccccc1)NC(=O)[C@@H](CCCN=C(N)N)NC(=O)[C@@H](N)Cc1ccc(OCC)cc1. The zero-order valence-electron chi connectivity index (χ0n) is 24.7. The molecule has 0 saturated carbocycles. The summed E-state index contributed by atoms with van der Waals surface area (Å²) in [5.41, 5.74) is 18.6. The molecule has 2 rings (SSSR count). The number of nitrogens with zero attached hydrogens (tertiary/aromatic N) is 1. The van der Waals surface area contributed by atoms with E-state index >= 15 is 0 Å². The fourth-order valence-corrected chi connectivity index (χ4v) is 4.11. The number of rotatable bonds is 18. The molecule has 3 amide bonds. The minimum absolute atomic E-state index is 0.0939. The summed E-state index contributed by atoms with van der Waals surface area (Å²) < 4.78 is 10.3. The Bertz CT molecular complexity index is 1200. The van der Waals surface area contributed by atoms with Crippen molar-refractivity contribution in [3.05, 3.63) is 65.7 Å². The first kappa shape index (κ1) is 34.6. The van der Waals surface area contributed by atoms with Crippen molar-refractivity contribution in [2.45, 2.75) is 57.7 Å². The molecule has 9 N–H and O–H groups in total. The molecule has 0 spiro atoms. The first-order valence-electron chi connectivity index (χ1n) is 14.2. The van der Waals surface area contributed by atoms with Crippen LogP contribution >= 0.6 is 0 Å². The monoisotopic (exact) mass is 597 g/mol. The van der Waals surface area contributed by atoms with Gasteiger partial charge in [0.1, 0.15) is 24.4 Å². The van der Waals surface area contributed by atoms with Crippen LogP contribution in [0, 0.1) is 0 Å². The van der Waals surface area contributed by atoms with E-state index in [4.69, 9.17) is 26.7 Å². The van der Waals surface area contributed by atoms with Gasteiger partial charge in [0.15, 0.2) is 5.96 Å². The summed E-state index contributed by atoms with van der Waals surface area (Å²) in [7, 11) is 0. The molecule has 0 aliphatic heterocycles. The second kappa shape index (κ2) is 18.7. The number of hydrogen-bond donors (Lipinski definition) is 6. The summed E-state index contributed by atoms with van der Waals surface area (Å²) in [5.74, 6) is -1.71. The maximum absolute atomic E-state index is 13.5. The lowest BCUT2D eigenvalue weighted by atomic mass is 10.0. The van der Waals surface area contributed by atoms with Crippen molar-refractivity contribution in [1.29, 1.82) is 0 Å². The third kappa shape index (κ3) is 13.3. The van der Waals surface area contributed by atoms with Gasteiger partial charge in [0.2, 0.25) is 17.7 Å². The number of esters is 1. The maximum Gasteiger partial charge on any atom is 0.325 e. The number of nitrogens with two attached hydrogens (primary N) is 3. The van der Waals surface area contributed by atoms with E-state index in [1.54, 1.807) is 19.1 Å². The number of carbonyl (C=O) groups is 4. The number of guanidine groups is 1. The van der Waals surface area contributed by atoms with Crippen LogP contribution in [0.5, 0.6) is 5.75 Å². The van der Waals surface area contributed by atoms with Gasteiger partial charge in [0.05, 0.1) is 19.3 Å². The number of benzene rings is 2. The molecule has 13 heteroatoms. The van der Waals surface area contributed by atoms with Crippen LogP contribution in [-0.2, 0) is 36.8 Å². The van der Waals surface area contributed by atoms with Gasteiger partial charge < -0.3 is 42.6 Å². The van der Waals surface area contributed by atoms with Gasteiger partial charge in [-0.05, 0) is 56.4 Å². The minimum Gasteiger partial charge on any atom is -0.494 e. The zero-order valence-corrected chi connectivity index (χ0v) is 24.7. The summed E-state index contributed by atoms with van der Waals surface area (Å²) in [6.07, 6.45) is 0.913. The van der Waals surface area contributed by atoms with E-state index < -0.39 is 41.8 Å². The van der Waals surface area contributed by atoms with Crippen LogP contribution in [0.15, 0.2) is 59.6 Å². The van der Waals surface area contributed by atoms with Crippen molar-refractivity contribution in [1.82, 2.24) is 16.0 Å². The predicted octanol–water partition coefficient (Wildman–Crippen LogP) is -0.0997. The Balaban J connectivity index is 2.16. The highest BCUT2D eigenvalue weighted by Crippen LogP contribution is 2.13. The van der Waals surface area contributed by atoms with Crippen molar-refractivity contribution >= 4 is 29.7 Å². The molecule has 2 aromatic rings. The lowest BCUT2D eigenvalue weighted by molar-refractivity contribution is -0.143. The average Bonchev–Trinajstić information content (AvgIpc) is 2.98. The van der Waals surface area contributed by atoms with E-state index in [1.807, 2.05) is 49.4 Å². The number of nitrogens with one attached hydrogen (secondary N) is 3. The van der Waals surface area contributed by atoms with Crippen molar-refractivity contribution in [3.8, 4) is 5.75 Å². The Labute approximate surface area is 251 Å². The molecule has 0 fully saturated rings. The second-order valence-electron chi connectivity index (χ2n) is 9.67. The smallest absolute Gasteiger partial charge is 0.325 e. The quantitative estimate of drug-likeness (QED) is 0.0585. The van der Waals surface area contributed by atoms with Gasteiger partial charge in [-0.2, -0.15) is 0 Å². The summed E-state index contributed by atoms with van der Waals surface area (Å²) in [6, 6.07) is 13.3. The van der Waals surface area contributed by atoms with Crippen molar-refractivity contribution in [2.75, 3.05) is 26.3 Å². The first-order chi connectivity index (χ1) is 20.6. The molecule has 2 aromatic carbocycles. The third-order valence-corrected chi connectivity index (χ3v) is 6.23. The second-order valence-corrected chi connectivity index (χ2v) is 9.67. The molecule has 0 unspecified atom stereocenters. The highest BCUT2D eigenvalue weighted by atomic mass is 16.5. The molecule has 0 aromatic heterocycles. The summed E-state index contributed by atoms with van der Waals surface area (Å²) in [5, 5.41) is 7.94. The Hall–Kier alpha value is -4.65. The molecular formula is C30H43N7O6. The van der Waals surface area contributed by atoms with E-state index in [1.165, 1.54) is 0 Å². The number of aliphatic imine (C=N–C) groups is 1. The number of ether oxygens (including phenoxy) is 2. The Kier molecular flexibility index (Phi) is 15.0. The molecule has 0 radical (unpaired) electrons. The molecule has 13 nitrogen and oxygen atoms in total. The summed E-state index contributed by atoms with van der Waals surface area (Å²) in [6.45, 7) is 4.12. The van der Waals surface area contributed by atoms with Crippen LogP contribution in [0.25, 0.3) is 0 Å². The van der Waals surface area contributed by atoms with Crippen LogP contribution in [0.2, 0.25) is 0 Å². The molecule has 0 aliphatic carbocycles. The lowest BCUT2D eigenvalue weighted by Crippen LogP contribution is -2.56. The van der Waals surface area contributed by atoms with Crippen LogP contribution in [0.1, 0.15) is 37.8 Å². The van der Waals surface area contributed by atoms with Crippen molar-refractivity contribution in [2.24, 2.45) is 22.2 Å². The van der Waals surface area contributed by atoms with E-state index in [0.29, 0.717) is 18.8 Å². The topological polar surface area (TPSA) is 213 Å². The predicted molar refractivity (Wildman–Crippen MR) is 163 cm³/mol. The fourth-order valence-electron chi connectivity index (χ4n) is 4.11. The highest BCUT2D eigenvalue weighted by Gasteiger charge is 2.28. The minimum atomic E-state index is -1.04. The van der Waals surface area contributed by atoms with Gasteiger partial charge in [0, 0.05) is 13.0 Å². The Morgan fingerprint density at radius 3 is 2.09 bits per heavy atom. The van der Waals surface area contributed by atoms with Gasteiger partial charge in [-0.1, -0.05) is 42.5 Å². The van der Waals surface area contributed by atoms with Gasteiger partial charge in [0.25, 0.3) is 0 Å². The number of hydrogen-bond acceptors (Lipinski definition) is 8. The normalized spacial score (nSPS) is 12.6.